The summed E-state index contributed by atoms with van der Waals surface area (Å²) in [6.07, 6.45) is 1.05. The van der Waals surface area contributed by atoms with Crippen LogP contribution in [0.1, 0.15) is 28.2 Å². The summed E-state index contributed by atoms with van der Waals surface area (Å²) in [6, 6.07) is 14.1. The third kappa shape index (κ3) is 4.17. The van der Waals surface area contributed by atoms with E-state index in [9.17, 15) is 14.7 Å². The average molecular weight is 494 g/mol. The monoisotopic (exact) mass is 493 g/mol. The topological polar surface area (TPSA) is 117 Å². The molecular weight excluding hydrogens is 473 g/mol. The molecule has 1 aromatic carbocycles. The number of amidine groups is 1. The van der Waals surface area contributed by atoms with Crippen molar-refractivity contribution in [2.24, 2.45) is 10.7 Å². The molecule has 11 heteroatoms. The number of nitrogens with two attached hydrogens (primary N) is 1. The average Bonchev–Trinajstić information content (AvgIpc) is 3.17. The SMILES string of the molecule is Cc1cc(C2=C(c3ccccc3)N=C(N)N3CN(Cc4ncc(F)cc4Cl)[N+]([O-])=C23)cc(CO)n1. The van der Waals surface area contributed by atoms with Crippen molar-refractivity contribution < 1.29 is 14.3 Å². The minimum absolute atomic E-state index is 0.0289. The molecule has 35 heavy (non-hydrogen) atoms. The zero-order chi connectivity index (χ0) is 24.7. The standard InChI is InChI=1S/C24H21ClFN7O2/c1-14-7-16(8-18(12-34)29-14)21-22(15-5-3-2-4-6-15)30-24(27)32-13-31(33(35)23(21)32)11-20-19(25)9-17(26)10-28-20/h2-10,34H,11-13H2,1H3,(H2,27,30). The van der Waals surface area contributed by atoms with Gasteiger partial charge in [0.2, 0.25) is 0 Å². The van der Waals surface area contributed by atoms with Gasteiger partial charge < -0.3 is 16.0 Å². The molecule has 0 atom stereocenters. The molecule has 0 amide bonds. The zero-order valence-corrected chi connectivity index (χ0v) is 19.4. The lowest BCUT2D eigenvalue weighted by molar-refractivity contribution is -0.630. The van der Waals surface area contributed by atoms with Crippen LogP contribution in [0.25, 0.3) is 11.3 Å². The summed E-state index contributed by atoms with van der Waals surface area (Å²) < 4.78 is 13.5. The normalized spacial score (nSPS) is 15.6. The molecule has 0 unspecified atom stereocenters. The Hall–Kier alpha value is -4.02. The molecule has 0 radical (unpaired) electrons. The van der Waals surface area contributed by atoms with E-state index in [1.807, 2.05) is 43.3 Å². The molecule has 2 aromatic heterocycles. The molecule has 2 aliphatic heterocycles. The number of fused-ring (bicyclic) bond motifs is 1. The first kappa shape index (κ1) is 22.8. The number of hydrogen-bond acceptors (Lipinski definition) is 8. The largest absolute Gasteiger partial charge is 0.692 e. The number of nitrogens with zero attached hydrogens (tertiary/aromatic N) is 6. The van der Waals surface area contributed by atoms with Crippen LogP contribution in [-0.4, -0.2) is 48.3 Å². The van der Waals surface area contributed by atoms with Gasteiger partial charge in [-0.3, -0.25) is 9.97 Å². The van der Waals surface area contributed by atoms with Crippen molar-refractivity contribution in [3.05, 3.63) is 99.0 Å². The maximum Gasteiger partial charge on any atom is 0.318 e. The highest BCUT2D eigenvalue weighted by molar-refractivity contribution is 6.33. The molecular formula is C24H21ClFN7O2. The highest BCUT2D eigenvalue weighted by Gasteiger charge is 2.44. The van der Waals surface area contributed by atoms with E-state index in [1.165, 1.54) is 5.01 Å². The Bertz CT molecular complexity index is 1410. The van der Waals surface area contributed by atoms with Crippen LogP contribution in [0.4, 0.5) is 4.39 Å². The second-order valence-electron chi connectivity index (χ2n) is 8.12. The van der Waals surface area contributed by atoms with Crippen molar-refractivity contribution in [3.63, 3.8) is 0 Å². The Labute approximate surface area is 205 Å². The van der Waals surface area contributed by atoms with E-state index in [-0.39, 0.29) is 36.6 Å². The molecule has 0 spiro atoms. The third-order valence-electron chi connectivity index (χ3n) is 5.68. The maximum absolute atomic E-state index is 13.7. The predicted molar refractivity (Wildman–Crippen MR) is 130 cm³/mol. The van der Waals surface area contributed by atoms with Crippen molar-refractivity contribution in [2.45, 2.75) is 20.1 Å². The third-order valence-corrected chi connectivity index (χ3v) is 6.01. The van der Waals surface area contributed by atoms with Gasteiger partial charge in [0, 0.05) is 11.3 Å². The number of halogens is 2. The van der Waals surface area contributed by atoms with Crippen molar-refractivity contribution in [1.29, 1.82) is 0 Å². The number of aryl methyl sites for hydroxylation is 1. The highest BCUT2D eigenvalue weighted by Crippen LogP contribution is 2.35. The van der Waals surface area contributed by atoms with E-state index in [4.69, 9.17) is 17.3 Å². The molecule has 0 fully saturated rings. The zero-order valence-electron chi connectivity index (χ0n) is 18.7. The number of aliphatic imine (C=N–C) groups is 1. The molecule has 9 nitrogen and oxygen atoms in total. The van der Waals surface area contributed by atoms with E-state index < -0.39 is 5.82 Å². The summed E-state index contributed by atoms with van der Waals surface area (Å²) in [5, 5.41) is 25.0. The first-order valence-electron chi connectivity index (χ1n) is 10.7. The number of aromatic nitrogens is 2. The van der Waals surface area contributed by atoms with Gasteiger partial charge >= 0.3 is 5.84 Å². The lowest BCUT2D eigenvalue weighted by Gasteiger charge is -2.22. The molecule has 2 aliphatic rings. The Morgan fingerprint density at radius 2 is 1.97 bits per heavy atom. The molecule has 0 aliphatic carbocycles. The van der Waals surface area contributed by atoms with Crippen LogP contribution in [0.15, 0.2) is 59.7 Å². The summed E-state index contributed by atoms with van der Waals surface area (Å²) >= 11 is 6.16. The summed E-state index contributed by atoms with van der Waals surface area (Å²) in [7, 11) is 0. The Morgan fingerprint density at radius 3 is 2.69 bits per heavy atom. The van der Waals surface area contributed by atoms with Gasteiger partial charge in [-0.25, -0.2) is 4.39 Å². The quantitative estimate of drug-likeness (QED) is 0.414. The van der Waals surface area contributed by atoms with Gasteiger partial charge in [0.1, 0.15) is 17.9 Å². The molecule has 3 N–H and O–H groups in total. The Balaban J connectivity index is 1.69. The van der Waals surface area contributed by atoms with Gasteiger partial charge in [-0.2, -0.15) is 19.7 Å². The van der Waals surface area contributed by atoms with Crippen LogP contribution in [-0.2, 0) is 13.2 Å². The van der Waals surface area contributed by atoms with Crippen molar-refractivity contribution in [2.75, 3.05) is 6.67 Å². The van der Waals surface area contributed by atoms with E-state index in [0.717, 1.165) is 22.7 Å². The van der Waals surface area contributed by atoms with Gasteiger partial charge in [-0.1, -0.05) is 41.9 Å². The first-order valence-corrected chi connectivity index (χ1v) is 11.1. The number of aliphatic hydroxyl groups excluding tert-OH is 1. The van der Waals surface area contributed by atoms with Crippen LogP contribution >= 0.6 is 11.6 Å². The fourth-order valence-electron chi connectivity index (χ4n) is 4.15. The summed E-state index contributed by atoms with van der Waals surface area (Å²) in [5.74, 6) is -0.144. The highest BCUT2D eigenvalue weighted by atomic mass is 35.5. The number of rotatable bonds is 5. The second-order valence-corrected chi connectivity index (χ2v) is 8.53. The lowest BCUT2D eigenvalue weighted by atomic mass is 9.96. The number of hydrazone groups is 1. The smallest absolute Gasteiger partial charge is 0.318 e. The molecule has 0 saturated heterocycles. The lowest BCUT2D eigenvalue weighted by Crippen LogP contribution is -2.44. The summed E-state index contributed by atoms with van der Waals surface area (Å²) in [4.78, 5) is 15.4. The van der Waals surface area contributed by atoms with E-state index in [0.29, 0.717) is 33.9 Å². The number of aliphatic hydroxyl groups is 1. The van der Waals surface area contributed by atoms with Crippen molar-refractivity contribution >= 4 is 34.7 Å². The number of guanidine groups is 1. The fraction of sp³-hybridized carbons (Fsp3) is 0.167. The molecule has 0 bridgehead atoms. The van der Waals surface area contributed by atoms with Gasteiger partial charge in [0.25, 0.3) is 5.96 Å². The Kier molecular flexibility index (Phi) is 5.83. The summed E-state index contributed by atoms with van der Waals surface area (Å²) in [5.41, 5.74) is 10.3. The summed E-state index contributed by atoms with van der Waals surface area (Å²) in [6.45, 7) is 1.68. The van der Waals surface area contributed by atoms with E-state index >= 15 is 0 Å². The number of pyridine rings is 2. The maximum atomic E-state index is 13.7. The minimum Gasteiger partial charge on any atom is -0.692 e. The van der Waals surface area contributed by atoms with Crippen LogP contribution in [0.2, 0.25) is 5.02 Å². The van der Waals surface area contributed by atoms with Crippen molar-refractivity contribution in [1.82, 2.24) is 19.9 Å². The Morgan fingerprint density at radius 1 is 1.20 bits per heavy atom. The minimum atomic E-state index is -0.562. The number of benzene rings is 1. The van der Waals surface area contributed by atoms with Gasteiger partial charge in [0.05, 0.1) is 34.9 Å². The first-order chi connectivity index (χ1) is 16.9. The number of hydrogen-bond donors (Lipinski definition) is 2. The van der Waals surface area contributed by atoms with Crippen LogP contribution in [0.3, 0.4) is 0 Å². The fourth-order valence-corrected chi connectivity index (χ4v) is 4.37. The molecule has 0 saturated carbocycles. The second kappa shape index (κ2) is 8.97. The predicted octanol–water partition coefficient (Wildman–Crippen LogP) is 2.87. The number of hydrazine groups is 1. The van der Waals surface area contributed by atoms with Crippen molar-refractivity contribution in [3.8, 4) is 0 Å². The molecule has 178 valence electrons. The van der Waals surface area contributed by atoms with Crippen LogP contribution < -0.4 is 5.73 Å². The van der Waals surface area contributed by atoms with E-state index in [2.05, 4.69) is 15.0 Å². The van der Waals surface area contributed by atoms with Crippen LogP contribution in [0, 0.1) is 17.9 Å². The van der Waals surface area contributed by atoms with E-state index in [1.54, 1.807) is 11.0 Å². The van der Waals surface area contributed by atoms with Gasteiger partial charge in [-0.15, -0.1) is 0 Å². The van der Waals surface area contributed by atoms with Gasteiger partial charge in [0.15, 0.2) is 6.67 Å². The molecule has 4 heterocycles. The van der Waals surface area contributed by atoms with Crippen LogP contribution in [0.5, 0.6) is 0 Å². The molecule has 3 aromatic rings. The van der Waals surface area contributed by atoms with Gasteiger partial charge in [-0.05, 0) is 30.7 Å². The molecule has 5 rings (SSSR count).